The summed E-state index contributed by atoms with van der Waals surface area (Å²) in [7, 11) is 0. The first-order valence-electron chi connectivity index (χ1n) is 10.6. The number of carbonyl (C=O) groups excluding carboxylic acids is 3. The Hall–Kier alpha value is -4.30. The van der Waals surface area contributed by atoms with Gasteiger partial charge in [-0.1, -0.05) is 18.2 Å². The van der Waals surface area contributed by atoms with Gasteiger partial charge in [0, 0.05) is 16.5 Å². The van der Waals surface area contributed by atoms with Crippen LogP contribution in [0.3, 0.4) is 0 Å². The highest BCUT2D eigenvalue weighted by molar-refractivity contribution is 7.14. The molecule has 0 radical (unpaired) electrons. The van der Waals surface area contributed by atoms with Crippen molar-refractivity contribution in [3.05, 3.63) is 94.9 Å². The maximum absolute atomic E-state index is 12.9. The zero-order chi connectivity index (χ0) is 23.7. The molecule has 0 saturated heterocycles. The number of benzene rings is 3. The average Bonchev–Trinajstić information content (AvgIpc) is 3.42. The highest BCUT2D eigenvalue weighted by atomic mass is 32.1. The van der Waals surface area contributed by atoms with Gasteiger partial charge in [0.05, 0.1) is 29.1 Å². The number of aromatic nitrogens is 1. The molecule has 8 heteroatoms. The molecule has 0 aliphatic carbocycles. The summed E-state index contributed by atoms with van der Waals surface area (Å²) in [6, 6.07) is 20.7. The maximum atomic E-state index is 12.9. The summed E-state index contributed by atoms with van der Waals surface area (Å²) in [6.45, 7) is 2.53. The first kappa shape index (κ1) is 21.5. The largest absolute Gasteiger partial charge is 0.494 e. The van der Waals surface area contributed by atoms with Gasteiger partial charge in [-0.3, -0.25) is 19.7 Å². The number of anilines is 2. The van der Waals surface area contributed by atoms with Crippen LogP contribution in [0.5, 0.6) is 5.75 Å². The standard InChI is InChI=1S/C26H19N3O4S/c1-2-33-19-12-10-16(11-13-19)22-15-34-26(27-22)28-23(30)17-6-5-7-18(14-17)29-24(31)20-8-3-4-9-21(20)25(29)32/h3-15H,2H2,1H3,(H,27,28,30). The molecule has 0 atom stereocenters. The van der Waals surface area contributed by atoms with Crippen LogP contribution in [0.4, 0.5) is 10.8 Å². The molecule has 1 aliphatic heterocycles. The topological polar surface area (TPSA) is 88.6 Å². The fraction of sp³-hybridized carbons (Fsp3) is 0.0769. The van der Waals surface area contributed by atoms with Crippen molar-refractivity contribution in [3.8, 4) is 17.0 Å². The lowest BCUT2D eigenvalue weighted by Gasteiger charge is -2.14. The van der Waals surface area contributed by atoms with Crippen molar-refractivity contribution < 1.29 is 19.1 Å². The van der Waals surface area contributed by atoms with Gasteiger partial charge in [-0.25, -0.2) is 9.88 Å². The summed E-state index contributed by atoms with van der Waals surface area (Å²) in [6.07, 6.45) is 0. The van der Waals surface area contributed by atoms with Crippen LogP contribution in [0.15, 0.2) is 78.2 Å². The molecule has 0 bridgehead atoms. The quantitative estimate of drug-likeness (QED) is 0.389. The maximum Gasteiger partial charge on any atom is 0.266 e. The average molecular weight is 470 g/mol. The second-order valence-electron chi connectivity index (χ2n) is 7.49. The van der Waals surface area contributed by atoms with Gasteiger partial charge in [0.1, 0.15) is 5.75 Å². The van der Waals surface area contributed by atoms with Crippen LogP contribution in [0.1, 0.15) is 38.0 Å². The normalized spacial score (nSPS) is 12.6. The van der Waals surface area contributed by atoms with Crippen molar-refractivity contribution in [2.45, 2.75) is 6.92 Å². The van der Waals surface area contributed by atoms with Gasteiger partial charge in [-0.05, 0) is 61.5 Å². The van der Waals surface area contributed by atoms with E-state index in [9.17, 15) is 14.4 Å². The number of rotatable bonds is 6. The molecule has 0 unspecified atom stereocenters. The lowest BCUT2D eigenvalue weighted by atomic mass is 10.1. The number of hydrogen-bond acceptors (Lipinski definition) is 6. The molecule has 2 heterocycles. The number of carbonyl (C=O) groups is 3. The molecule has 1 aromatic heterocycles. The molecule has 1 aliphatic rings. The monoisotopic (exact) mass is 469 g/mol. The minimum atomic E-state index is -0.405. The van der Waals surface area contributed by atoms with E-state index in [1.807, 2.05) is 36.6 Å². The Kier molecular flexibility index (Phi) is 5.65. The van der Waals surface area contributed by atoms with Crippen LogP contribution in [-0.4, -0.2) is 29.3 Å². The zero-order valence-corrected chi connectivity index (χ0v) is 19.0. The molecule has 3 amide bonds. The van der Waals surface area contributed by atoms with Crippen molar-refractivity contribution in [2.24, 2.45) is 0 Å². The van der Waals surface area contributed by atoms with Crippen molar-refractivity contribution in [1.29, 1.82) is 0 Å². The summed E-state index contributed by atoms with van der Waals surface area (Å²) in [4.78, 5) is 44.0. The number of nitrogens with one attached hydrogen (secondary N) is 1. The van der Waals surface area contributed by atoms with Crippen LogP contribution in [0.25, 0.3) is 11.3 Å². The molecule has 7 nitrogen and oxygen atoms in total. The molecule has 3 aromatic carbocycles. The first-order valence-corrected chi connectivity index (χ1v) is 11.5. The third kappa shape index (κ3) is 3.95. The molecule has 168 valence electrons. The van der Waals surface area contributed by atoms with Crippen LogP contribution in [0.2, 0.25) is 0 Å². The van der Waals surface area contributed by atoms with Crippen LogP contribution in [-0.2, 0) is 0 Å². The molecule has 0 fully saturated rings. The van der Waals surface area contributed by atoms with E-state index in [0.29, 0.717) is 34.1 Å². The number of thiazole rings is 1. The minimum Gasteiger partial charge on any atom is -0.494 e. The molecule has 4 aromatic rings. The second-order valence-corrected chi connectivity index (χ2v) is 8.35. The smallest absolute Gasteiger partial charge is 0.266 e. The van der Waals surface area contributed by atoms with E-state index < -0.39 is 11.8 Å². The Balaban J connectivity index is 1.33. The predicted octanol–water partition coefficient (Wildman–Crippen LogP) is 5.26. The summed E-state index contributed by atoms with van der Waals surface area (Å²) < 4.78 is 5.46. The van der Waals surface area contributed by atoms with Crippen molar-refractivity contribution in [3.63, 3.8) is 0 Å². The number of nitrogens with zero attached hydrogens (tertiary/aromatic N) is 2. The lowest BCUT2D eigenvalue weighted by Crippen LogP contribution is -2.29. The zero-order valence-electron chi connectivity index (χ0n) is 18.1. The van der Waals surface area contributed by atoms with Crippen molar-refractivity contribution in [2.75, 3.05) is 16.8 Å². The Morgan fingerprint density at radius 3 is 2.35 bits per heavy atom. The van der Waals surface area contributed by atoms with Crippen LogP contribution in [0, 0.1) is 0 Å². The van der Waals surface area contributed by atoms with Crippen LogP contribution < -0.4 is 15.0 Å². The summed E-state index contributed by atoms with van der Waals surface area (Å²) in [5.41, 5.74) is 3.01. The number of hydrogen-bond donors (Lipinski definition) is 1. The van der Waals surface area contributed by atoms with Gasteiger partial charge in [0.15, 0.2) is 5.13 Å². The number of amides is 3. The van der Waals surface area contributed by atoms with Gasteiger partial charge < -0.3 is 4.74 Å². The molecule has 34 heavy (non-hydrogen) atoms. The summed E-state index contributed by atoms with van der Waals surface area (Å²) in [5, 5.41) is 5.10. The first-order chi connectivity index (χ1) is 16.5. The Labute approximate surface area is 199 Å². The van der Waals surface area contributed by atoms with E-state index in [2.05, 4.69) is 10.3 Å². The van der Waals surface area contributed by atoms with E-state index in [1.165, 1.54) is 17.4 Å². The number of fused-ring (bicyclic) bond motifs is 1. The molecule has 5 rings (SSSR count). The fourth-order valence-corrected chi connectivity index (χ4v) is 4.45. The van der Waals surface area contributed by atoms with Crippen LogP contribution >= 0.6 is 11.3 Å². The lowest BCUT2D eigenvalue weighted by molar-refractivity contribution is 0.0924. The van der Waals surface area contributed by atoms with Gasteiger partial charge >= 0.3 is 0 Å². The van der Waals surface area contributed by atoms with Crippen molar-refractivity contribution >= 4 is 39.9 Å². The van der Waals surface area contributed by atoms with Gasteiger partial charge in [-0.2, -0.15) is 0 Å². The predicted molar refractivity (Wildman–Crippen MR) is 131 cm³/mol. The minimum absolute atomic E-state index is 0.312. The third-order valence-electron chi connectivity index (χ3n) is 5.35. The van der Waals surface area contributed by atoms with E-state index >= 15 is 0 Å². The van der Waals surface area contributed by atoms with E-state index in [0.717, 1.165) is 21.9 Å². The fourth-order valence-electron chi connectivity index (χ4n) is 3.73. The van der Waals surface area contributed by atoms with Crippen molar-refractivity contribution in [1.82, 2.24) is 4.98 Å². The molecule has 0 saturated carbocycles. The van der Waals surface area contributed by atoms with E-state index in [4.69, 9.17) is 4.74 Å². The SMILES string of the molecule is CCOc1ccc(-c2csc(NC(=O)c3cccc(N4C(=O)c5ccccc5C4=O)c3)n2)cc1. The van der Waals surface area contributed by atoms with Gasteiger partial charge in [0.2, 0.25) is 0 Å². The summed E-state index contributed by atoms with van der Waals surface area (Å²) in [5.74, 6) is -0.407. The number of imide groups is 1. The molecular formula is C26H19N3O4S. The third-order valence-corrected chi connectivity index (χ3v) is 6.10. The Morgan fingerprint density at radius 1 is 0.971 bits per heavy atom. The molecular weight excluding hydrogens is 450 g/mol. The highest BCUT2D eigenvalue weighted by Gasteiger charge is 2.36. The van der Waals surface area contributed by atoms with E-state index in [1.54, 1.807) is 42.5 Å². The highest BCUT2D eigenvalue weighted by Crippen LogP contribution is 2.30. The van der Waals surface area contributed by atoms with E-state index in [-0.39, 0.29) is 5.91 Å². The molecule has 1 N–H and O–H groups in total. The van der Waals surface area contributed by atoms with Gasteiger partial charge in [0.25, 0.3) is 17.7 Å². The number of ether oxygens (including phenoxy) is 1. The molecule has 0 spiro atoms. The Morgan fingerprint density at radius 2 is 1.68 bits per heavy atom. The second kappa shape index (κ2) is 8.92. The summed E-state index contributed by atoms with van der Waals surface area (Å²) >= 11 is 1.31. The van der Waals surface area contributed by atoms with Gasteiger partial charge in [-0.15, -0.1) is 11.3 Å². The Bertz CT molecular complexity index is 1380.